The van der Waals surface area contributed by atoms with Gasteiger partial charge in [-0.3, -0.25) is 9.88 Å². The van der Waals surface area contributed by atoms with Crippen molar-refractivity contribution in [2.24, 2.45) is 0 Å². The van der Waals surface area contributed by atoms with E-state index in [1.165, 1.54) is 6.07 Å². The Labute approximate surface area is 312 Å². The van der Waals surface area contributed by atoms with Gasteiger partial charge in [-0.2, -0.15) is 9.97 Å². The van der Waals surface area contributed by atoms with E-state index in [-0.39, 0.29) is 23.1 Å². The van der Waals surface area contributed by atoms with Gasteiger partial charge in [0.2, 0.25) is 0 Å². The number of piperazine rings is 1. The lowest BCUT2D eigenvalue weighted by Gasteiger charge is -2.38. The van der Waals surface area contributed by atoms with Crippen molar-refractivity contribution in [3.05, 3.63) is 47.9 Å². The molecule has 0 amide bonds. The minimum absolute atomic E-state index is 0.0696. The summed E-state index contributed by atoms with van der Waals surface area (Å²) < 4.78 is 37.1. The van der Waals surface area contributed by atoms with Gasteiger partial charge in [-0.1, -0.05) is 53.5 Å². The summed E-state index contributed by atoms with van der Waals surface area (Å²) in [5.41, 5.74) is 7.45. The third kappa shape index (κ3) is 6.34. The predicted molar refractivity (Wildman–Crippen MR) is 211 cm³/mol. The number of nitrogens with zero attached hydrogens (tertiary/aromatic N) is 5. The van der Waals surface area contributed by atoms with Crippen LogP contribution in [0.25, 0.3) is 32.9 Å². The summed E-state index contributed by atoms with van der Waals surface area (Å²) in [6.07, 6.45) is 5.53. The second kappa shape index (κ2) is 13.8. The molecule has 2 aromatic heterocycles. The van der Waals surface area contributed by atoms with Gasteiger partial charge in [0.25, 0.3) is 0 Å². The van der Waals surface area contributed by atoms with Crippen LogP contribution in [0.5, 0.6) is 11.8 Å². The van der Waals surface area contributed by atoms with Crippen molar-refractivity contribution in [1.82, 2.24) is 25.2 Å². The molecule has 2 aromatic carbocycles. The van der Waals surface area contributed by atoms with Crippen molar-refractivity contribution in [3.63, 3.8) is 0 Å². The van der Waals surface area contributed by atoms with Gasteiger partial charge in [-0.05, 0) is 84.1 Å². The Bertz CT molecular complexity index is 2080. The molecule has 0 aliphatic carbocycles. The quantitative estimate of drug-likeness (QED) is 0.138. The van der Waals surface area contributed by atoms with E-state index in [0.717, 1.165) is 51.1 Å². The van der Waals surface area contributed by atoms with E-state index in [1.807, 2.05) is 6.07 Å². The Balaban J connectivity index is 1.26. The highest BCUT2D eigenvalue weighted by Gasteiger charge is 2.49. The number of halogens is 2. The molecule has 0 unspecified atom stereocenters. The van der Waals surface area contributed by atoms with E-state index >= 15 is 4.39 Å². The van der Waals surface area contributed by atoms with Crippen LogP contribution in [0.3, 0.4) is 0 Å². The number of benzene rings is 2. The summed E-state index contributed by atoms with van der Waals surface area (Å²) in [7, 11) is -2.18. The van der Waals surface area contributed by atoms with Crippen molar-refractivity contribution in [2.75, 3.05) is 37.7 Å². The van der Waals surface area contributed by atoms with Gasteiger partial charge in [0.05, 0.1) is 16.6 Å². The molecule has 4 fully saturated rings. The van der Waals surface area contributed by atoms with E-state index in [2.05, 4.69) is 68.1 Å². The summed E-state index contributed by atoms with van der Waals surface area (Å²) in [6, 6.07) is 9.43. The monoisotopic (exact) mass is 738 g/mol. The fourth-order valence-corrected chi connectivity index (χ4v) is 15.6. The van der Waals surface area contributed by atoms with Gasteiger partial charge in [0.1, 0.15) is 37.9 Å². The number of alkyl halides is 1. The average Bonchev–Trinajstić information content (AvgIpc) is 3.76. The van der Waals surface area contributed by atoms with Crippen LogP contribution in [0.15, 0.2) is 36.5 Å². The molecule has 280 valence electrons. The maximum atomic E-state index is 16.0. The van der Waals surface area contributed by atoms with Crippen molar-refractivity contribution >= 4 is 35.7 Å². The van der Waals surface area contributed by atoms with Crippen LogP contribution in [0, 0.1) is 17.3 Å². The number of ether oxygens (including phenoxy) is 1. The van der Waals surface area contributed by atoms with Crippen LogP contribution in [-0.4, -0.2) is 89.6 Å². The number of pyridine rings is 1. The summed E-state index contributed by atoms with van der Waals surface area (Å²) in [5.74, 6) is 3.80. The zero-order valence-electron chi connectivity index (χ0n) is 31.8. The third-order valence-electron chi connectivity index (χ3n) is 12.9. The summed E-state index contributed by atoms with van der Waals surface area (Å²) in [5, 5.41) is 16.0. The molecular formula is C42H52F2N6O2Si. The van der Waals surface area contributed by atoms with E-state index in [4.69, 9.17) is 19.7 Å². The van der Waals surface area contributed by atoms with Crippen LogP contribution in [0.4, 0.5) is 14.6 Å². The predicted octanol–water partition coefficient (Wildman–Crippen LogP) is 8.16. The lowest BCUT2D eigenvalue weighted by molar-refractivity contribution is 0.107. The average molecular weight is 739 g/mol. The van der Waals surface area contributed by atoms with Gasteiger partial charge in [-0.15, -0.1) is 5.54 Å². The molecule has 0 saturated carbocycles. The fraction of sp³-hybridized carbons (Fsp3) is 0.548. The Morgan fingerprint density at radius 1 is 1.02 bits per heavy atom. The van der Waals surface area contributed by atoms with Crippen LogP contribution in [0.1, 0.15) is 79.2 Å². The number of aromatic nitrogens is 3. The number of aromatic hydroxyl groups is 1. The number of rotatable bonds is 8. The zero-order chi connectivity index (χ0) is 37.2. The van der Waals surface area contributed by atoms with Crippen molar-refractivity contribution < 1.29 is 18.6 Å². The zero-order valence-corrected chi connectivity index (χ0v) is 32.8. The Kier molecular flexibility index (Phi) is 9.39. The first-order chi connectivity index (χ1) is 25.4. The largest absolute Gasteiger partial charge is 0.508 e. The second-order valence-electron chi connectivity index (χ2n) is 17.0. The molecule has 8 rings (SSSR count). The molecule has 0 radical (unpaired) electrons. The van der Waals surface area contributed by atoms with Crippen molar-refractivity contribution in [3.8, 4) is 34.4 Å². The number of hydrogen-bond acceptors (Lipinski definition) is 8. The second-order valence-corrected chi connectivity index (χ2v) is 22.6. The van der Waals surface area contributed by atoms with Gasteiger partial charge < -0.3 is 20.1 Å². The first kappa shape index (κ1) is 36.1. The molecular weight excluding hydrogens is 687 g/mol. The molecule has 4 aliphatic rings. The van der Waals surface area contributed by atoms with Crippen LogP contribution in [-0.2, 0) is 0 Å². The molecule has 0 spiro atoms. The molecule has 4 aliphatic heterocycles. The number of hydrogen-bond donors (Lipinski definition) is 2. The maximum absolute atomic E-state index is 16.0. The van der Waals surface area contributed by atoms with Gasteiger partial charge in [0.15, 0.2) is 5.82 Å². The summed E-state index contributed by atoms with van der Waals surface area (Å²) in [6.45, 7) is 16.8. The SMILES string of the molecule is CC(C)[Si](C#Cc1c(F)ccc2cc(O)cc(-c3cnc4c(N5C[C@H]6CC[C@@H](C5)N6)nc(OC[C@@]56CCCN5C[C@H](F)C6)nc4c3)c12)(C(C)C)C(C)C. The normalized spacial score (nSPS) is 24.5. The minimum Gasteiger partial charge on any atom is -0.508 e. The summed E-state index contributed by atoms with van der Waals surface area (Å²) >= 11 is 0. The third-order valence-corrected chi connectivity index (χ3v) is 19.2. The maximum Gasteiger partial charge on any atom is 0.319 e. The van der Waals surface area contributed by atoms with Crippen LogP contribution < -0.4 is 15.0 Å². The molecule has 4 aromatic rings. The lowest BCUT2D eigenvalue weighted by atomic mass is 9.94. The smallest absolute Gasteiger partial charge is 0.319 e. The standard InChI is InChI=1S/C42H52F2N6O2Si/c1-25(2)53(26(3)4,27(5)6)15-12-34-36(44)11-8-28-16-33(51)18-35(38(28)34)29-17-37-39(45-20-29)40(49-22-31-9-10-32(23-49)46-31)48-41(47-37)52-24-42-13-7-14-50(42)21-30(43)19-42/h8,11,16-18,20,25-27,30-32,46,51H,7,9-10,13-14,19,21-24H2,1-6H3/t30-,31-,32+,42+/m1/s1. The molecule has 4 saturated heterocycles. The fourth-order valence-electron chi connectivity index (χ4n) is 10.4. The number of phenols is 1. The van der Waals surface area contributed by atoms with E-state index in [9.17, 15) is 9.50 Å². The van der Waals surface area contributed by atoms with Crippen molar-refractivity contribution in [2.45, 2.75) is 114 Å². The Morgan fingerprint density at radius 3 is 2.47 bits per heavy atom. The van der Waals surface area contributed by atoms with Gasteiger partial charge in [-0.25, -0.2) is 8.78 Å². The molecule has 53 heavy (non-hydrogen) atoms. The van der Waals surface area contributed by atoms with E-state index < -0.39 is 14.2 Å². The van der Waals surface area contributed by atoms with Gasteiger partial charge in [0, 0.05) is 55.3 Å². The number of fused-ring (bicyclic) bond motifs is 5. The molecule has 8 nitrogen and oxygen atoms in total. The number of anilines is 1. The van der Waals surface area contributed by atoms with Gasteiger partial charge >= 0.3 is 6.01 Å². The topological polar surface area (TPSA) is 86.6 Å². The Morgan fingerprint density at radius 2 is 1.75 bits per heavy atom. The highest BCUT2D eigenvalue weighted by molar-refractivity contribution is 6.90. The minimum atomic E-state index is -2.18. The first-order valence-corrected chi connectivity index (χ1v) is 21.8. The first-order valence-electron chi connectivity index (χ1n) is 19.6. The van der Waals surface area contributed by atoms with Crippen molar-refractivity contribution in [1.29, 1.82) is 0 Å². The molecule has 2 N–H and O–H groups in total. The number of phenolic OH excluding ortho intramolecular Hbond substituents is 1. The Hall–Kier alpha value is -3.85. The van der Waals surface area contributed by atoms with Crippen LogP contribution in [0.2, 0.25) is 16.6 Å². The highest BCUT2D eigenvalue weighted by Crippen LogP contribution is 2.43. The molecule has 2 bridgehead atoms. The highest BCUT2D eigenvalue weighted by atomic mass is 28.3. The van der Waals surface area contributed by atoms with E-state index in [1.54, 1.807) is 24.4 Å². The summed E-state index contributed by atoms with van der Waals surface area (Å²) in [4.78, 5) is 19.4. The number of nitrogens with one attached hydrogen (secondary N) is 1. The van der Waals surface area contributed by atoms with E-state index in [0.29, 0.717) is 86.8 Å². The van der Waals surface area contributed by atoms with Crippen LogP contribution >= 0.6 is 0 Å². The molecule has 11 heteroatoms. The molecule has 6 heterocycles. The molecule has 4 atom stereocenters. The lowest BCUT2D eigenvalue weighted by Crippen LogP contribution is -2.51.